The number of ether oxygens (including phenoxy) is 1. The SMILES string of the molecule is CCNCc1ccccc1Oc1cccc(C)c1F. The standard InChI is InChI=1S/C16H18FNO/c1-3-18-11-13-8-4-5-9-14(13)19-15-10-6-7-12(2)16(15)17/h4-10,18H,3,11H2,1-2H3. The second kappa shape index (κ2) is 6.34. The van der Waals surface area contributed by atoms with Crippen LogP contribution < -0.4 is 10.1 Å². The molecule has 2 aromatic rings. The van der Waals surface area contributed by atoms with Crippen molar-refractivity contribution in [3.63, 3.8) is 0 Å². The number of rotatable bonds is 5. The highest BCUT2D eigenvalue weighted by atomic mass is 19.1. The van der Waals surface area contributed by atoms with E-state index < -0.39 is 0 Å². The molecule has 19 heavy (non-hydrogen) atoms. The molecule has 0 fully saturated rings. The van der Waals surface area contributed by atoms with E-state index in [1.807, 2.05) is 31.2 Å². The van der Waals surface area contributed by atoms with E-state index in [9.17, 15) is 4.39 Å². The summed E-state index contributed by atoms with van der Waals surface area (Å²) >= 11 is 0. The molecule has 0 atom stereocenters. The molecule has 0 aliphatic rings. The van der Waals surface area contributed by atoms with Gasteiger partial charge in [-0.25, -0.2) is 4.39 Å². The van der Waals surface area contributed by atoms with Gasteiger partial charge in [-0.3, -0.25) is 0 Å². The quantitative estimate of drug-likeness (QED) is 0.875. The molecule has 0 bridgehead atoms. The molecule has 0 saturated carbocycles. The second-order valence-electron chi connectivity index (χ2n) is 4.38. The lowest BCUT2D eigenvalue weighted by Crippen LogP contribution is -2.12. The van der Waals surface area contributed by atoms with Gasteiger partial charge < -0.3 is 10.1 Å². The first-order chi connectivity index (χ1) is 9.22. The van der Waals surface area contributed by atoms with Crippen LogP contribution in [-0.4, -0.2) is 6.54 Å². The summed E-state index contributed by atoms with van der Waals surface area (Å²) in [5, 5.41) is 3.24. The molecule has 3 heteroatoms. The van der Waals surface area contributed by atoms with Crippen molar-refractivity contribution in [1.82, 2.24) is 5.32 Å². The Bertz CT molecular complexity index is 554. The van der Waals surface area contributed by atoms with Gasteiger partial charge in [0.25, 0.3) is 0 Å². The average molecular weight is 259 g/mol. The van der Waals surface area contributed by atoms with Gasteiger partial charge in [0, 0.05) is 12.1 Å². The van der Waals surface area contributed by atoms with Crippen LogP contribution in [0.4, 0.5) is 4.39 Å². The van der Waals surface area contributed by atoms with Crippen LogP contribution in [0.2, 0.25) is 0 Å². The Hall–Kier alpha value is -1.87. The first kappa shape index (κ1) is 13.6. The first-order valence-corrected chi connectivity index (χ1v) is 6.44. The zero-order valence-electron chi connectivity index (χ0n) is 11.2. The zero-order valence-corrected chi connectivity index (χ0v) is 11.2. The van der Waals surface area contributed by atoms with E-state index in [4.69, 9.17) is 4.74 Å². The second-order valence-corrected chi connectivity index (χ2v) is 4.38. The highest BCUT2D eigenvalue weighted by molar-refractivity contribution is 5.39. The predicted octanol–water partition coefficient (Wildman–Crippen LogP) is 4.04. The minimum absolute atomic E-state index is 0.268. The Morgan fingerprint density at radius 2 is 1.79 bits per heavy atom. The van der Waals surface area contributed by atoms with Crippen LogP contribution in [0, 0.1) is 12.7 Å². The monoisotopic (exact) mass is 259 g/mol. The Morgan fingerprint density at radius 3 is 2.58 bits per heavy atom. The Morgan fingerprint density at radius 1 is 1.05 bits per heavy atom. The maximum Gasteiger partial charge on any atom is 0.168 e. The summed E-state index contributed by atoms with van der Waals surface area (Å²) in [6, 6.07) is 12.8. The van der Waals surface area contributed by atoms with E-state index in [1.54, 1.807) is 25.1 Å². The summed E-state index contributed by atoms with van der Waals surface area (Å²) in [5.41, 5.74) is 1.60. The van der Waals surface area contributed by atoms with Crippen molar-refractivity contribution in [2.24, 2.45) is 0 Å². The van der Waals surface area contributed by atoms with Crippen LogP contribution in [0.1, 0.15) is 18.1 Å². The maximum atomic E-state index is 13.9. The largest absolute Gasteiger partial charge is 0.454 e. The number of benzene rings is 2. The van der Waals surface area contributed by atoms with Gasteiger partial charge in [0.2, 0.25) is 0 Å². The molecule has 0 aliphatic heterocycles. The summed E-state index contributed by atoms with van der Waals surface area (Å²) in [6.07, 6.45) is 0. The molecule has 2 aromatic carbocycles. The summed E-state index contributed by atoms with van der Waals surface area (Å²) < 4.78 is 19.6. The van der Waals surface area contributed by atoms with Crippen molar-refractivity contribution in [1.29, 1.82) is 0 Å². The van der Waals surface area contributed by atoms with Crippen molar-refractivity contribution in [3.05, 3.63) is 59.4 Å². The van der Waals surface area contributed by atoms with Crippen molar-refractivity contribution in [2.45, 2.75) is 20.4 Å². The lowest BCUT2D eigenvalue weighted by Gasteiger charge is -2.12. The lowest BCUT2D eigenvalue weighted by atomic mass is 10.2. The van der Waals surface area contributed by atoms with Gasteiger partial charge in [-0.2, -0.15) is 0 Å². The molecule has 0 aromatic heterocycles. The fraction of sp³-hybridized carbons (Fsp3) is 0.250. The fourth-order valence-corrected chi connectivity index (χ4v) is 1.83. The van der Waals surface area contributed by atoms with Crippen LogP contribution in [0.15, 0.2) is 42.5 Å². The van der Waals surface area contributed by atoms with Gasteiger partial charge >= 0.3 is 0 Å². The molecule has 2 rings (SSSR count). The van der Waals surface area contributed by atoms with Gasteiger partial charge in [0.1, 0.15) is 5.75 Å². The first-order valence-electron chi connectivity index (χ1n) is 6.44. The smallest absolute Gasteiger partial charge is 0.168 e. The van der Waals surface area contributed by atoms with E-state index in [2.05, 4.69) is 5.32 Å². The molecule has 0 radical (unpaired) electrons. The highest BCUT2D eigenvalue weighted by Crippen LogP contribution is 2.28. The molecule has 2 nitrogen and oxygen atoms in total. The zero-order chi connectivity index (χ0) is 13.7. The molecule has 0 spiro atoms. The molecule has 0 aliphatic carbocycles. The third kappa shape index (κ3) is 3.32. The van der Waals surface area contributed by atoms with Crippen LogP contribution in [0.3, 0.4) is 0 Å². The summed E-state index contributed by atoms with van der Waals surface area (Å²) in [6.45, 7) is 5.36. The number of halogens is 1. The molecule has 0 heterocycles. The maximum absolute atomic E-state index is 13.9. The van der Waals surface area contributed by atoms with E-state index in [-0.39, 0.29) is 11.6 Å². The van der Waals surface area contributed by atoms with Gasteiger partial charge in [-0.05, 0) is 31.2 Å². The summed E-state index contributed by atoms with van der Waals surface area (Å²) in [7, 11) is 0. The molecule has 0 unspecified atom stereocenters. The van der Waals surface area contributed by atoms with Crippen LogP contribution in [0.5, 0.6) is 11.5 Å². The predicted molar refractivity (Wildman–Crippen MR) is 75.0 cm³/mol. The molecule has 100 valence electrons. The van der Waals surface area contributed by atoms with E-state index in [0.717, 1.165) is 12.1 Å². The van der Waals surface area contributed by atoms with Crippen LogP contribution in [-0.2, 0) is 6.54 Å². The normalized spacial score (nSPS) is 10.5. The van der Waals surface area contributed by atoms with Crippen molar-refractivity contribution in [3.8, 4) is 11.5 Å². The van der Waals surface area contributed by atoms with Crippen LogP contribution in [0.25, 0.3) is 0 Å². The third-order valence-corrected chi connectivity index (χ3v) is 2.91. The number of hydrogen-bond acceptors (Lipinski definition) is 2. The minimum Gasteiger partial charge on any atom is -0.454 e. The number of aryl methyl sites for hydroxylation is 1. The van der Waals surface area contributed by atoms with Gasteiger partial charge in [0.05, 0.1) is 0 Å². The van der Waals surface area contributed by atoms with Gasteiger partial charge in [0.15, 0.2) is 11.6 Å². The Balaban J connectivity index is 2.25. The lowest BCUT2D eigenvalue weighted by molar-refractivity contribution is 0.434. The van der Waals surface area contributed by atoms with E-state index in [0.29, 0.717) is 17.9 Å². The average Bonchev–Trinajstić information content (AvgIpc) is 2.43. The topological polar surface area (TPSA) is 21.3 Å². The summed E-state index contributed by atoms with van der Waals surface area (Å²) in [5.74, 6) is 0.651. The number of nitrogens with one attached hydrogen (secondary N) is 1. The van der Waals surface area contributed by atoms with Gasteiger partial charge in [-0.1, -0.05) is 37.3 Å². The highest BCUT2D eigenvalue weighted by Gasteiger charge is 2.09. The van der Waals surface area contributed by atoms with Crippen molar-refractivity contribution in [2.75, 3.05) is 6.54 Å². The molecule has 0 amide bonds. The van der Waals surface area contributed by atoms with E-state index >= 15 is 0 Å². The summed E-state index contributed by atoms with van der Waals surface area (Å²) in [4.78, 5) is 0. The number of hydrogen-bond donors (Lipinski definition) is 1. The van der Waals surface area contributed by atoms with E-state index in [1.165, 1.54) is 0 Å². The molecule has 1 N–H and O–H groups in total. The molecule has 0 saturated heterocycles. The Labute approximate surface area is 113 Å². The van der Waals surface area contributed by atoms with Crippen molar-refractivity contribution >= 4 is 0 Å². The molecular weight excluding hydrogens is 241 g/mol. The van der Waals surface area contributed by atoms with Gasteiger partial charge in [-0.15, -0.1) is 0 Å². The van der Waals surface area contributed by atoms with Crippen LogP contribution >= 0.6 is 0 Å². The minimum atomic E-state index is -0.305. The Kier molecular flexibility index (Phi) is 4.53. The third-order valence-electron chi connectivity index (χ3n) is 2.91. The number of para-hydroxylation sites is 1. The van der Waals surface area contributed by atoms with Crippen molar-refractivity contribution < 1.29 is 9.13 Å². The molecular formula is C16H18FNO. The fourth-order valence-electron chi connectivity index (χ4n) is 1.83.